The molecule has 5 nitrogen and oxygen atoms in total. The van der Waals surface area contributed by atoms with Crippen molar-refractivity contribution in [2.45, 2.75) is 46.1 Å². The second-order valence-electron chi connectivity index (χ2n) is 6.42. The number of benzene rings is 1. The summed E-state index contributed by atoms with van der Waals surface area (Å²) in [5, 5.41) is 9.89. The SMILES string of the molecule is CCCOc1cccc(CCNC(=NC)NCc2nc(C(C)C)cs2)c1. The zero-order chi connectivity index (χ0) is 18.8. The summed E-state index contributed by atoms with van der Waals surface area (Å²) in [5.74, 6) is 2.20. The Hall–Kier alpha value is -2.08. The zero-order valence-corrected chi connectivity index (χ0v) is 17.0. The quantitative estimate of drug-likeness (QED) is 0.515. The predicted molar refractivity (Wildman–Crippen MR) is 110 cm³/mol. The van der Waals surface area contributed by atoms with Crippen LogP contribution in [-0.2, 0) is 13.0 Å². The van der Waals surface area contributed by atoms with Gasteiger partial charge in [0.2, 0.25) is 0 Å². The first-order valence-corrected chi connectivity index (χ1v) is 10.1. The average Bonchev–Trinajstić information content (AvgIpc) is 3.12. The van der Waals surface area contributed by atoms with E-state index in [9.17, 15) is 0 Å². The number of hydrogen-bond donors (Lipinski definition) is 2. The number of hydrogen-bond acceptors (Lipinski definition) is 4. The van der Waals surface area contributed by atoms with E-state index in [0.29, 0.717) is 12.5 Å². The fraction of sp³-hybridized carbons (Fsp3) is 0.500. The highest BCUT2D eigenvalue weighted by atomic mass is 32.1. The van der Waals surface area contributed by atoms with Gasteiger partial charge in [0.25, 0.3) is 0 Å². The smallest absolute Gasteiger partial charge is 0.191 e. The topological polar surface area (TPSA) is 58.5 Å². The predicted octanol–water partition coefficient (Wildman–Crippen LogP) is 3.96. The van der Waals surface area contributed by atoms with Gasteiger partial charge in [-0.1, -0.05) is 32.9 Å². The Morgan fingerprint density at radius 2 is 2.15 bits per heavy atom. The number of rotatable bonds is 9. The highest BCUT2D eigenvalue weighted by Crippen LogP contribution is 2.17. The summed E-state index contributed by atoms with van der Waals surface area (Å²) in [5.41, 5.74) is 2.41. The third-order valence-corrected chi connectivity index (χ3v) is 4.74. The van der Waals surface area contributed by atoms with Gasteiger partial charge in [-0.3, -0.25) is 4.99 Å². The summed E-state index contributed by atoms with van der Waals surface area (Å²) in [4.78, 5) is 8.92. The van der Waals surface area contributed by atoms with Crippen molar-refractivity contribution >= 4 is 17.3 Å². The number of ether oxygens (including phenoxy) is 1. The van der Waals surface area contributed by atoms with Crippen LogP contribution in [0.25, 0.3) is 0 Å². The molecule has 2 N–H and O–H groups in total. The third kappa shape index (κ3) is 6.67. The van der Waals surface area contributed by atoms with Crippen molar-refractivity contribution in [1.82, 2.24) is 15.6 Å². The zero-order valence-electron chi connectivity index (χ0n) is 16.2. The molecule has 0 aliphatic heterocycles. The lowest BCUT2D eigenvalue weighted by molar-refractivity contribution is 0.317. The number of nitrogens with one attached hydrogen (secondary N) is 2. The molecule has 6 heteroatoms. The molecule has 2 aromatic rings. The lowest BCUT2D eigenvalue weighted by atomic mass is 10.1. The summed E-state index contributed by atoms with van der Waals surface area (Å²) in [6.45, 7) is 8.70. The van der Waals surface area contributed by atoms with Gasteiger partial charge >= 0.3 is 0 Å². The first kappa shape index (κ1) is 20.2. The van der Waals surface area contributed by atoms with E-state index in [2.05, 4.69) is 58.9 Å². The van der Waals surface area contributed by atoms with Gasteiger partial charge in [-0.15, -0.1) is 11.3 Å². The summed E-state index contributed by atoms with van der Waals surface area (Å²) >= 11 is 1.69. The van der Waals surface area contributed by atoms with Gasteiger partial charge in [0.15, 0.2) is 5.96 Å². The molecule has 0 bridgehead atoms. The van der Waals surface area contributed by atoms with Crippen molar-refractivity contribution in [3.63, 3.8) is 0 Å². The first-order chi connectivity index (χ1) is 12.6. The highest BCUT2D eigenvalue weighted by molar-refractivity contribution is 7.09. The molecule has 26 heavy (non-hydrogen) atoms. The molecule has 0 radical (unpaired) electrons. The summed E-state index contributed by atoms with van der Waals surface area (Å²) in [7, 11) is 1.79. The second-order valence-corrected chi connectivity index (χ2v) is 7.36. The van der Waals surface area contributed by atoms with E-state index in [-0.39, 0.29) is 0 Å². The Labute approximate surface area is 160 Å². The van der Waals surface area contributed by atoms with Gasteiger partial charge in [0, 0.05) is 19.0 Å². The summed E-state index contributed by atoms with van der Waals surface area (Å²) in [6.07, 6.45) is 1.93. The van der Waals surface area contributed by atoms with Crippen LogP contribution in [0, 0.1) is 0 Å². The Morgan fingerprint density at radius 3 is 2.85 bits per heavy atom. The van der Waals surface area contributed by atoms with Crippen LogP contribution in [0.15, 0.2) is 34.6 Å². The van der Waals surface area contributed by atoms with Crippen LogP contribution < -0.4 is 15.4 Å². The molecule has 0 aliphatic rings. The van der Waals surface area contributed by atoms with Crippen LogP contribution in [0.3, 0.4) is 0 Å². The van der Waals surface area contributed by atoms with Crippen molar-refractivity contribution < 1.29 is 4.74 Å². The Bertz CT molecular complexity index is 697. The molecule has 0 fully saturated rings. The fourth-order valence-electron chi connectivity index (χ4n) is 2.39. The van der Waals surface area contributed by atoms with Gasteiger partial charge in [0.05, 0.1) is 18.8 Å². The summed E-state index contributed by atoms with van der Waals surface area (Å²) in [6, 6.07) is 8.28. The van der Waals surface area contributed by atoms with E-state index in [0.717, 1.165) is 48.4 Å². The number of aliphatic imine (C=N–C) groups is 1. The molecule has 0 saturated carbocycles. The summed E-state index contributed by atoms with van der Waals surface area (Å²) < 4.78 is 5.69. The lowest BCUT2D eigenvalue weighted by Crippen LogP contribution is -2.37. The normalized spacial score (nSPS) is 11.7. The molecule has 2 rings (SSSR count). The fourth-order valence-corrected chi connectivity index (χ4v) is 3.28. The van der Waals surface area contributed by atoms with Crippen LogP contribution in [0.1, 0.15) is 49.4 Å². The van der Waals surface area contributed by atoms with Crippen molar-refractivity contribution in [3.05, 3.63) is 45.9 Å². The second kappa shape index (κ2) is 10.8. The number of nitrogens with zero attached hydrogens (tertiary/aromatic N) is 2. The molecule has 0 saturated heterocycles. The van der Waals surface area contributed by atoms with E-state index in [1.54, 1.807) is 18.4 Å². The monoisotopic (exact) mass is 374 g/mol. The van der Waals surface area contributed by atoms with Gasteiger partial charge in [-0.25, -0.2) is 4.98 Å². The molecule has 1 aromatic carbocycles. The first-order valence-electron chi connectivity index (χ1n) is 9.23. The molecular weight excluding hydrogens is 344 g/mol. The third-order valence-electron chi connectivity index (χ3n) is 3.87. The lowest BCUT2D eigenvalue weighted by Gasteiger charge is -2.11. The van der Waals surface area contributed by atoms with E-state index >= 15 is 0 Å². The molecule has 1 aromatic heterocycles. The molecule has 0 aliphatic carbocycles. The maximum atomic E-state index is 5.69. The number of thiazole rings is 1. The van der Waals surface area contributed by atoms with Gasteiger partial charge in [-0.2, -0.15) is 0 Å². The Morgan fingerprint density at radius 1 is 1.31 bits per heavy atom. The minimum absolute atomic E-state index is 0.467. The average molecular weight is 375 g/mol. The number of aromatic nitrogens is 1. The van der Waals surface area contributed by atoms with Gasteiger partial charge in [-0.05, 0) is 36.5 Å². The maximum absolute atomic E-state index is 5.69. The molecule has 0 unspecified atom stereocenters. The molecule has 1 heterocycles. The van der Waals surface area contributed by atoms with Crippen molar-refractivity contribution in [2.75, 3.05) is 20.2 Å². The van der Waals surface area contributed by atoms with E-state index < -0.39 is 0 Å². The highest BCUT2D eigenvalue weighted by Gasteiger charge is 2.06. The minimum Gasteiger partial charge on any atom is -0.494 e. The number of guanidine groups is 1. The van der Waals surface area contributed by atoms with E-state index in [1.807, 2.05) is 12.1 Å². The molecule has 0 spiro atoms. The molecule has 142 valence electrons. The van der Waals surface area contributed by atoms with Crippen LogP contribution in [0.5, 0.6) is 5.75 Å². The van der Waals surface area contributed by atoms with Crippen LogP contribution in [-0.4, -0.2) is 31.1 Å². The molecular formula is C20H30N4OS. The minimum atomic E-state index is 0.467. The van der Waals surface area contributed by atoms with Gasteiger partial charge < -0.3 is 15.4 Å². The Balaban J connectivity index is 1.76. The molecule has 0 amide bonds. The van der Waals surface area contributed by atoms with Crippen LogP contribution >= 0.6 is 11.3 Å². The van der Waals surface area contributed by atoms with Gasteiger partial charge in [0.1, 0.15) is 10.8 Å². The van der Waals surface area contributed by atoms with Crippen molar-refractivity contribution in [3.8, 4) is 5.75 Å². The van der Waals surface area contributed by atoms with Crippen LogP contribution in [0.2, 0.25) is 0 Å². The van der Waals surface area contributed by atoms with Crippen molar-refractivity contribution in [2.24, 2.45) is 4.99 Å². The molecule has 0 atom stereocenters. The standard InChI is InChI=1S/C20H30N4OS/c1-5-11-25-17-8-6-7-16(12-17)9-10-22-20(21-4)23-13-19-24-18(14-26-19)15(2)3/h6-8,12,14-15H,5,9-11,13H2,1-4H3,(H2,21,22,23). The maximum Gasteiger partial charge on any atom is 0.191 e. The Kier molecular flexibility index (Phi) is 8.41. The van der Waals surface area contributed by atoms with Crippen molar-refractivity contribution in [1.29, 1.82) is 0 Å². The largest absolute Gasteiger partial charge is 0.494 e. The van der Waals surface area contributed by atoms with Crippen LogP contribution in [0.4, 0.5) is 0 Å². The van der Waals surface area contributed by atoms with E-state index in [1.165, 1.54) is 5.56 Å². The van der Waals surface area contributed by atoms with E-state index in [4.69, 9.17) is 4.74 Å².